The highest BCUT2D eigenvalue weighted by molar-refractivity contribution is 9.10. The molecular formula is C33H46BrCl2N3O. The van der Waals surface area contributed by atoms with Crippen LogP contribution in [0.5, 0.6) is 0 Å². The first-order chi connectivity index (χ1) is 18.6. The van der Waals surface area contributed by atoms with Crippen LogP contribution in [0.2, 0.25) is 0 Å². The maximum absolute atomic E-state index is 13.6. The van der Waals surface area contributed by atoms with Crippen LogP contribution in [0.25, 0.3) is 0 Å². The van der Waals surface area contributed by atoms with Gasteiger partial charge >= 0.3 is 0 Å². The van der Waals surface area contributed by atoms with Gasteiger partial charge in [0.15, 0.2) is 0 Å². The van der Waals surface area contributed by atoms with Crippen molar-refractivity contribution in [2.75, 3.05) is 45.8 Å². The Morgan fingerprint density at radius 3 is 2.15 bits per heavy atom. The van der Waals surface area contributed by atoms with E-state index in [-0.39, 0.29) is 30.2 Å². The molecule has 2 aromatic carbocycles. The number of carbonyl (C=O) groups is 1. The summed E-state index contributed by atoms with van der Waals surface area (Å²) < 4.78 is 1.09. The first kappa shape index (κ1) is 31.8. The quantitative estimate of drug-likeness (QED) is 0.312. The second-order valence-corrected chi connectivity index (χ2v) is 13.6. The van der Waals surface area contributed by atoms with Gasteiger partial charge in [0.1, 0.15) is 0 Å². The first-order valence-corrected chi connectivity index (χ1v) is 15.9. The van der Waals surface area contributed by atoms with Gasteiger partial charge in [-0.1, -0.05) is 77.7 Å². The van der Waals surface area contributed by atoms with Crippen LogP contribution in [-0.2, 0) is 11.3 Å². The van der Waals surface area contributed by atoms with Crippen LogP contribution in [0, 0.1) is 17.3 Å². The molecule has 220 valence electrons. The molecule has 0 unspecified atom stereocenters. The van der Waals surface area contributed by atoms with Gasteiger partial charge in [0.25, 0.3) is 0 Å². The lowest BCUT2D eigenvalue weighted by atomic mass is 9.76. The second kappa shape index (κ2) is 14.4. The lowest BCUT2D eigenvalue weighted by Crippen LogP contribution is -2.46. The predicted octanol–water partition coefficient (Wildman–Crippen LogP) is 7.40. The van der Waals surface area contributed by atoms with E-state index in [4.69, 9.17) is 0 Å². The summed E-state index contributed by atoms with van der Waals surface area (Å²) in [5.41, 5.74) is 2.63. The largest absolute Gasteiger partial charge is 0.338 e. The number of likely N-dealkylation sites (tertiary alicyclic amines) is 3. The molecular weight excluding hydrogens is 605 g/mol. The Bertz CT molecular complexity index is 1070. The number of amides is 1. The molecule has 6 rings (SSSR count). The smallest absolute Gasteiger partial charge is 0.229 e. The molecule has 1 amide bonds. The number of carbonyl (C=O) groups excluding carboxylic acids is 1. The van der Waals surface area contributed by atoms with Crippen molar-refractivity contribution < 1.29 is 4.79 Å². The van der Waals surface area contributed by atoms with Gasteiger partial charge in [-0.15, -0.1) is 24.8 Å². The predicted molar refractivity (Wildman–Crippen MR) is 172 cm³/mol. The number of benzene rings is 2. The van der Waals surface area contributed by atoms with E-state index in [9.17, 15) is 4.79 Å². The summed E-state index contributed by atoms with van der Waals surface area (Å²) in [6.07, 6.45) is 10.2. The Balaban J connectivity index is 0.00000185. The molecule has 3 heterocycles. The number of hydrogen-bond acceptors (Lipinski definition) is 3. The molecule has 1 saturated carbocycles. The van der Waals surface area contributed by atoms with E-state index in [1.807, 2.05) is 0 Å². The number of piperidine rings is 1. The zero-order valence-corrected chi connectivity index (χ0v) is 26.9. The average Bonchev–Trinajstić information content (AvgIpc) is 3.48. The van der Waals surface area contributed by atoms with Crippen molar-refractivity contribution in [3.05, 3.63) is 70.2 Å². The molecule has 4 fully saturated rings. The van der Waals surface area contributed by atoms with Crippen LogP contribution in [-0.4, -0.2) is 66.4 Å². The highest BCUT2D eigenvalue weighted by atomic mass is 79.9. The van der Waals surface area contributed by atoms with E-state index in [0.717, 1.165) is 55.8 Å². The Hall–Kier alpha value is -1.11. The molecule has 0 N–H and O–H groups in total. The topological polar surface area (TPSA) is 26.8 Å². The average molecular weight is 652 g/mol. The third-order valence-electron chi connectivity index (χ3n) is 10.2. The molecule has 2 atom stereocenters. The zero-order chi connectivity index (χ0) is 26.0. The standard InChI is InChI=1S/C33H44BrN3O.2ClH/c34-30-13-11-27(12-14-30)22-37-20-17-33(32(37)38)15-18-35(19-16-33)23-29-24-36(21-26-7-3-1-4-8-26)25-31(29)28-9-5-2-6-10-28;;/h2,5-6,9-14,26,29,31H,1,3-4,7-8,15-25H2;2*1H/t29-,31+;;/m0../s1. The molecule has 2 aromatic rings. The van der Waals surface area contributed by atoms with Crippen LogP contribution in [0.3, 0.4) is 0 Å². The Kier molecular flexibility index (Phi) is 11.4. The molecule has 3 saturated heterocycles. The molecule has 1 spiro atoms. The van der Waals surface area contributed by atoms with E-state index in [2.05, 4.69) is 85.2 Å². The summed E-state index contributed by atoms with van der Waals surface area (Å²) >= 11 is 3.52. The van der Waals surface area contributed by atoms with Crippen molar-refractivity contribution in [3.8, 4) is 0 Å². The van der Waals surface area contributed by atoms with E-state index < -0.39 is 0 Å². The van der Waals surface area contributed by atoms with Crippen LogP contribution in [0.15, 0.2) is 59.1 Å². The number of rotatable bonds is 7. The van der Waals surface area contributed by atoms with E-state index in [0.29, 0.717) is 17.7 Å². The minimum absolute atomic E-state index is 0. The van der Waals surface area contributed by atoms with Crippen LogP contribution < -0.4 is 0 Å². The van der Waals surface area contributed by atoms with Gasteiger partial charge in [-0.3, -0.25) is 4.79 Å². The summed E-state index contributed by atoms with van der Waals surface area (Å²) in [5, 5.41) is 0. The van der Waals surface area contributed by atoms with Gasteiger partial charge in [-0.05, 0) is 80.3 Å². The summed E-state index contributed by atoms with van der Waals surface area (Å²) in [4.78, 5) is 21.2. The SMILES string of the molecule is Cl.Cl.O=C1N(Cc2ccc(Br)cc2)CCC12CCN(C[C@H]1CN(CC3CCCCC3)C[C@@H]1c1ccccc1)CC2. The third-order valence-corrected chi connectivity index (χ3v) is 10.7. The molecule has 4 nitrogen and oxygen atoms in total. The molecule has 0 bridgehead atoms. The molecule has 1 aliphatic carbocycles. The highest BCUT2D eigenvalue weighted by Crippen LogP contribution is 2.43. The summed E-state index contributed by atoms with van der Waals surface area (Å²) in [5.74, 6) is 2.62. The first-order valence-electron chi connectivity index (χ1n) is 15.1. The number of hydrogen-bond donors (Lipinski definition) is 0. The molecule has 7 heteroatoms. The normalized spacial score (nSPS) is 25.6. The summed E-state index contributed by atoms with van der Waals surface area (Å²) in [6, 6.07) is 19.7. The monoisotopic (exact) mass is 649 g/mol. The van der Waals surface area contributed by atoms with Gasteiger partial charge in [-0.2, -0.15) is 0 Å². The summed E-state index contributed by atoms with van der Waals surface area (Å²) in [6.45, 7) is 8.71. The summed E-state index contributed by atoms with van der Waals surface area (Å²) in [7, 11) is 0. The minimum Gasteiger partial charge on any atom is -0.338 e. The fraction of sp³-hybridized carbons (Fsp3) is 0.606. The lowest BCUT2D eigenvalue weighted by Gasteiger charge is -2.39. The van der Waals surface area contributed by atoms with Crippen molar-refractivity contribution in [2.45, 2.75) is 63.8 Å². The number of nitrogens with zero attached hydrogens (tertiary/aromatic N) is 3. The molecule has 40 heavy (non-hydrogen) atoms. The minimum atomic E-state index is -0.118. The van der Waals surface area contributed by atoms with E-state index in [1.165, 1.54) is 69.4 Å². The van der Waals surface area contributed by atoms with Crippen LogP contribution in [0.4, 0.5) is 0 Å². The van der Waals surface area contributed by atoms with Crippen molar-refractivity contribution >= 4 is 46.7 Å². The fourth-order valence-electron chi connectivity index (χ4n) is 7.92. The van der Waals surface area contributed by atoms with Crippen molar-refractivity contribution in [1.29, 1.82) is 0 Å². The molecule has 0 radical (unpaired) electrons. The van der Waals surface area contributed by atoms with Gasteiger partial charge in [-0.25, -0.2) is 0 Å². The third kappa shape index (κ3) is 7.26. The Morgan fingerprint density at radius 1 is 0.775 bits per heavy atom. The Morgan fingerprint density at radius 2 is 1.45 bits per heavy atom. The van der Waals surface area contributed by atoms with Crippen molar-refractivity contribution in [1.82, 2.24) is 14.7 Å². The lowest BCUT2D eigenvalue weighted by molar-refractivity contribution is -0.139. The highest BCUT2D eigenvalue weighted by Gasteiger charge is 2.48. The molecule has 3 aliphatic heterocycles. The maximum atomic E-state index is 13.6. The van der Waals surface area contributed by atoms with Crippen LogP contribution in [0.1, 0.15) is 68.4 Å². The van der Waals surface area contributed by atoms with Gasteiger partial charge < -0.3 is 14.7 Å². The van der Waals surface area contributed by atoms with Gasteiger partial charge in [0.2, 0.25) is 5.91 Å². The van der Waals surface area contributed by atoms with E-state index >= 15 is 0 Å². The van der Waals surface area contributed by atoms with Crippen molar-refractivity contribution in [2.24, 2.45) is 17.3 Å². The van der Waals surface area contributed by atoms with Crippen molar-refractivity contribution in [3.63, 3.8) is 0 Å². The number of halogens is 3. The second-order valence-electron chi connectivity index (χ2n) is 12.7. The molecule has 4 aliphatic rings. The van der Waals surface area contributed by atoms with E-state index in [1.54, 1.807) is 0 Å². The van der Waals surface area contributed by atoms with Gasteiger partial charge in [0, 0.05) is 49.7 Å². The van der Waals surface area contributed by atoms with Crippen LogP contribution >= 0.6 is 40.7 Å². The molecule has 0 aromatic heterocycles. The Labute approximate surface area is 262 Å². The fourth-order valence-corrected chi connectivity index (χ4v) is 8.18. The zero-order valence-electron chi connectivity index (χ0n) is 23.7. The van der Waals surface area contributed by atoms with Gasteiger partial charge in [0.05, 0.1) is 5.41 Å². The maximum Gasteiger partial charge on any atom is 0.229 e.